The molecule has 0 unspecified atom stereocenters. The fraction of sp³-hybridized carbons (Fsp3) is 0.182. The fourth-order valence-electron chi connectivity index (χ4n) is 3.64. The number of oxime groups is 1. The van der Waals surface area contributed by atoms with E-state index in [2.05, 4.69) is 41.3 Å². The molecule has 1 heterocycles. The highest BCUT2D eigenvalue weighted by atomic mass is 35.5. The third-order valence-corrected chi connectivity index (χ3v) is 5.02. The Labute approximate surface area is 159 Å². The second-order valence-electron chi connectivity index (χ2n) is 6.42. The number of benzene rings is 2. The van der Waals surface area contributed by atoms with Gasteiger partial charge in [0, 0.05) is 29.5 Å². The van der Waals surface area contributed by atoms with Crippen molar-refractivity contribution >= 4 is 17.8 Å². The van der Waals surface area contributed by atoms with Gasteiger partial charge in [0.1, 0.15) is 0 Å². The quantitative estimate of drug-likeness (QED) is 0.367. The Balaban J connectivity index is 2.38. The Kier molecular flexibility index (Phi) is 5.38. The summed E-state index contributed by atoms with van der Waals surface area (Å²) in [4.78, 5) is 4.35. The standard InChI is InChI=1S/C22H21ClN2O/c1-16-14-20(23)8-9-21(16)22(11-13-25-26,18-6-4-3-5-7-18)19-10-12-24-17(2)15-19/h3-10,12-15,26H,11H2,1-2H3/t22-/m0/s1. The van der Waals surface area contributed by atoms with E-state index >= 15 is 0 Å². The largest absolute Gasteiger partial charge is 0.411 e. The Hall–Kier alpha value is -2.65. The van der Waals surface area contributed by atoms with Crippen LogP contribution in [0.4, 0.5) is 0 Å². The summed E-state index contributed by atoms with van der Waals surface area (Å²) in [5, 5.41) is 13.2. The van der Waals surface area contributed by atoms with Gasteiger partial charge >= 0.3 is 0 Å². The van der Waals surface area contributed by atoms with Crippen LogP contribution in [0.5, 0.6) is 0 Å². The Morgan fingerprint density at radius 2 is 1.81 bits per heavy atom. The zero-order valence-electron chi connectivity index (χ0n) is 14.9. The van der Waals surface area contributed by atoms with Crippen molar-refractivity contribution in [2.24, 2.45) is 5.16 Å². The van der Waals surface area contributed by atoms with Crippen molar-refractivity contribution in [3.63, 3.8) is 0 Å². The van der Waals surface area contributed by atoms with E-state index in [-0.39, 0.29) is 0 Å². The highest BCUT2D eigenvalue weighted by Crippen LogP contribution is 2.43. The first-order chi connectivity index (χ1) is 12.6. The van der Waals surface area contributed by atoms with Crippen LogP contribution in [0.1, 0.15) is 34.4 Å². The fourth-order valence-corrected chi connectivity index (χ4v) is 3.87. The lowest BCUT2D eigenvalue weighted by molar-refractivity contribution is 0.319. The van der Waals surface area contributed by atoms with Crippen molar-refractivity contribution in [1.82, 2.24) is 4.98 Å². The van der Waals surface area contributed by atoms with Gasteiger partial charge < -0.3 is 5.21 Å². The predicted octanol–water partition coefficient (Wildman–Crippen LogP) is 5.54. The molecule has 132 valence electrons. The van der Waals surface area contributed by atoms with E-state index in [0.29, 0.717) is 11.4 Å². The first-order valence-corrected chi connectivity index (χ1v) is 8.87. The number of aromatic nitrogens is 1. The summed E-state index contributed by atoms with van der Waals surface area (Å²) in [6, 6.07) is 20.3. The zero-order chi connectivity index (χ0) is 18.6. The van der Waals surface area contributed by atoms with Crippen LogP contribution < -0.4 is 0 Å². The van der Waals surface area contributed by atoms with Crippen LogP contribution in [0.25, 0.3) is 0 Å². The highest BCUT2D eigenvalue weighted by Gasteiger charge is 2.37. The van der Waals surface area contributed by atoms with Crippen LogP contribution in [0.2, 0.25) is 5.02 Å². The Bertz CT molecular complexity index is 924. The van der Waals surface area contributed by atoms with Crippen LogP contribution in [0.15, 0.2) is 72.0 Å². The smallest absolute Gasteiger partial charge is 0.0505 e. The molecule has 0 amide bonds. The first kappa shape index (κ1) is 18.2. The Morgan fingerprint density at radius 1 is 1.04 bits per heavy atom. The number of hydrogen-bond acceptors (Lipinski definition) is 3. The molecule has 1 aromatic heterocycles. The van der Waals surface area contributed by atoms with Crippen LogP contribution in [-0.2, 0) is 5.41 Å². The number of rotatable bonds is 5. The summed E-state index contributed by atoms with van der Waals surface area (Å²) in [6.07, 6.45) is 3.89. The molecule has 0 aliphatic heterocycles. The topological polar surface area (TPSA) is 45.5 Å². The number of halogens is 1. The summed E-state index contributed by atoms with van der Waals surface area (Å²) in [7, 11) is 0. The number of hydrogen-bond donors (Lipinski definition) is 1. The number of nitrogens with zero attached hydrogens (tertiary/aromatic N) is 2. The molecule has 0 aliphatic rings. The molecule has 1 N–H and O–H groups in total. The zero-order valence-corrected chi connectivity index (χ0v) is 15.6. The van der Waals surface area contributed by atoms with Gasteiger partial charge in [-0.1, -0.05) is 48.0 Å². The molecule has 0 saturated carbocycles. The van der Waals surface area contributed by atoms with Crippen LogP contribution in [-0.4, -0.2) is 16.4 Å². The summed E-state index contributed by atoms with van der Waals surface area (Å²) in [6.45, 7) is 4.04. The molecule has 0 radical (unpaired) electrons. The van der Waals surface area contributed by atoms with Gasteiger partial charge in [-0.2, -0.15) is 0 Å². The maximum absolute atomic E-state index is 9.17. The molecule has 3 nitrogen and oxygen atoms in total. The van der Waals surface area contributed by atoms with E-state index < -0.39 is 5.41 Å². The minimum absolute atomic E-state index is 0.504. The monoisotopic (exact) mass is 364 g/mol. The number of aryl methyl sites for hydroxylation is 2. The van der Waals surface area contributed by atoms with Crippen LogP contribution >= 0.6 is 11.6 Å². The first-order valence-electron chi connectivity index (χ1n) is 8.49. The predicted molar refractivity (Wildman–Crippen MR) is 106 cm³/mol. The molecule has 0 aliphatic carbocycles. The molecule has 1 atom stereocenters. The SMILES string of the molecule is Cc1cc([C@](CC=NO)(c2ccccc2)c2ccc(Cl)cc2C)ccn1. The molecular weight excluding hydrogens is 344 g/mol. The molecule has 3 rings (SSSR count). The van der Waals surface area contributed by atoms with Crippen molar-refractivity contribution < 1.29 is 5.21 Å². The summed E-state index contributed by atoms with van der Waals surface area (Å²) in [5.74, 6) is 0. The highest BCUT2D eigenvalue weighted by molar-refractivity contribution is 6.30. The van der Waals surface area contributed by atoms with Gasteiger partial charge in [0.15, 0.2) is 0 Å². The molecule has 0 spiro atoms. The van der Waals surface area contributed by atoms with Crippen molar-refractivity contribution in [2.75, 3.05) is 0 Å². The van der Waals surface area contributed by atoms with Crippen molar-refractivity contribution in [3.05, 3.63) is 99.8 Å². The van der Waals surface area contributed by atoms with Gasteiger partial charge in [-0.25, -0.2) is 0 Å². The van der Waals surface area contributed by atoms with Crippen molar-refractivity contribution in [2.45, 2.75) is 25.7 Å². The number of pyridine rings is 1. The van der Waals surface area contributed by atoms with Gasteiger partial charge in [0.25, 0.3) is 0 Å². The average Bonchev–Trinajstić information content (AvgIpc) is 2.64. The van der Waals surface area contributed by atoms with Crippen LogP contribution in [0.3, 0.4) is 0 Å². The molecular formula is C22H21ClN2O. The van der Waals surface area contributed by atoms with Gasteiger partial charge in [-0.05, 0) is 60.4 Å². The van der Waals surface area contributed by atoms with Gasteiger partial charge in [0.05, 0.1) is 5.41 Å². The normalized spacial score (nSPS) is 13.7. The molecule has 26 heavy (non-hydrogen) atoms. The molecule has 0 saturated heterocycles. The van der Waals surface area contributed by atoms with Gasteiger partial charge in [0.2, 0.25) is 0 Å². The lowest BCUT2D eigenvalue weighted by Gasteiger charge is -2.36. The third-order valence-electron chi connectivity index (χ3n) is 4.78. The van der Waals surface area contributed by atoms with E-state index in [0.717, 1.165) is 27.9 Å². The Morgan fingerprint density at radius 3 is 2.46 bits per heavy atom. The lowest BCUT2D eigenvalue weighted by Crippen LogP contribution is -2.31. The van der Waals surface area contributed by atoms with Crippen LogP contribution in [0, 0.1) is 13.8 Å². The van der Waals surface area contributed by atoms with E-state index in [1.807, 2.05) is 49.5 Å². The van der Waals surface area contributed by atoms with Gasteiger partial charge in [-0.15, -0.1) is 5.16 Å². The molecule has 2 aromatic carbocycles. The minimum atomic E-state index is -0.504. The third kappa shape index (κ3) is 3.35. The van der Waals surface area contributed by atoms with E-state index in [1.54, 1.807) is 6.21 Å². The molecule has 3 aromatic rings. The molecule has 0 fully saturated rings. The average molecular weight is 365 g/mol. The summed E-state index contributed by atoms with van der Waals surface area (Å²) in [5.41, 5.74) is 4.86. The minimum Gasteiger partial charge on any atom is -0.411 e. The summed E-state index contributed by atoms with van der Waals surface area (Å²) >= 11 is 6.21. The molecule has 0 bridgehead atoms. The maximum atomic E-state index is 9.17. The van der Waals surface area contributed by atoms with Crippen molar-refractivity contribution in [3.8, 4) is 0 Å². The second kappa shape index (κ2) is 7.71. The van der Waals surface area contributed by atoms with E-state index in [9.17, 15) is 5.21 Å². The van der Waals surface area contributed by atoms with Gasteiger partial charge in [-0.3, -0.25) is 4.98 Å². The van der Waals surface area contributed by atoms with E-state index in [4.69, 9.17) is 11.6 Å². The van der Waals surface area contributed by atoms with E-state index in [1.165, 1.54) is 0 Å². The summed E-state index contributed by atoms with van der Waals surface area (Å²) < 4.78 is 0. The maximum Gasteiger partial charge on any atom is 0.0505 e. The van der Waals surface area contributed by atoms with Crippen molar-refractivity contribution in [1.29, 1.82) is 0 Å². The lowest BCUT2D eigenvalue weighted by atomic mass is 9.66. The second-order valence-corrected chi connectivity index (χ2v) is 6.86. The molecule has 4 heteroatoms.